The van der Waals surface area contributed by atoms with Crippen LogP contribution in [-0.2, 0) is 10.3 Å². The van der Waals surface area contributed by atoms with E-state index >= 15 is 0 Å². The molecule has 1 aromatic heterocycles. The van der Waals surface area contributed by atoms with E-state index < -0.39 is 29.1 Å². The maximum atomic E-state index is 14.5. The van der Waals surface area contributed by atoms with Crippen LogP contribution < -0.4 is 11.1 Å². The average Bonchev–Trinajstić information content (AvgIpc) is 2.63. The number of anilines is 1. The fourth-order valence-electron chi connectivity index (χ4n) is 2.76. The third-order valence-corrected chi connectivity index (χ3v) is 4.11. The zero-order valence-corrected chi connectivity index (χ0v) is 15.0. The zero-order valence-electron chi connectivity index (χ0n) is 15.0. The molecule has 146 valence electrons. The average molecular weight is 391 g/mol. The van der Waals surface area contributed by atoms with Gasteiger partial charge in [0.15, 0.2) is 11.3 Å². The summed E-state index contributed by atoms with van der Waals surface area (Å²) in [6, 6.07) is 3.52. The predicted molar refractivity (Wildman–Crippen MR) is 95.3 cm³/mol. The molecule has 2 heterocycles. The Labute approximate surface area is 158 Å². The van der Waals surface area contributed by atoms with Crippen LogP contribution in [0, 0.1) is 12.7 Å². The van der Waals surface area contributed by atoms with Gasteiger partial charge in [-0.2, -0.15) is 8.78 Å². The highest BCUT2D eigenvalue weighted by atomic mass is 19.3. The van der Waals surface area contributed by atoms with Gasteiger partial charge in [0.1, 0.15) is 24.0 Å². The molecule has 10 heteroatoms. The SMILES string of the molecule is Cc1cnc(C(=O)Nc2ccc(F)c(C3(C)N=C(N)COC3=C(F)F)c2)cn1. The number of nitrogens with zero attached hydrogens (tertiary/aromatic N) is 3. The fraction of sp³-hybridized carbons (Fsp3) is 0.222. The Hall–Kier alpha value is -3.43. The van der Waals surface area contributed by atoms with Gasteiger partial charge < -0.3 is 15.8 Å². The van der Waals surface area contributed by atoms with E-state index in [1.165, 1.54) is 31.5 Å². The van der Waals surface area contributed by atoms with Crippen molar-refractivity contribution in [2.75, 3.05) is 11.9 Å². The number of carbonyl (C=O) groups excluding carboxylic acids is 1. The van der Waals surface area contributed by atoms with Crippen molar-refractivity contribution in [2.24, 2.45) is 10.7 Å². The van der Waals surface area contributed by atoms with E-state index in [2.05, 4.69) is 20.3 Å². The molecule has 0 aliphatic carbocycles. The van der Waals surface area contributed by atoms with Crippen LogP contribution in [-0.4, -0.2) is 28.3 Å². The number of nitrogens with one attached hydrogen (secondary N) is 1. The number of amidine groups is 1. The summed E-state index contributed by atoms with van der Waals surface area (Å²) in [5.74, 6) is -2.26. The van der Waals surface area contributed by atoms with Gasteiger partial charge in [-0.1, -0.05) is 0 Å². The van der Waals surface area contributed by atoms with Crippen molar-refractivity contribution in [1.29, 1.82) is 0 Å². The molecule has 0 fully saturated rings. The minimum absolute atomic E-state index is 0.0429. The molecule has 1 aliphatic rings. The summed E-state index contributed by atoms with van der Waals surface area (Å²) in [5, 5.41) is 2.52. The molecule has 0 spiro atoms. The normalized spacial score (nSPS) is 18.9. The van der Waals surface area contributed by atoms with Gasteiger partial charge in [0.05, 0.1) is 11.9 Å². The van der Waals surface area contributed by atoms with Crippen LogP contribution in [0.15, 0.2) is 47.4 Å². The molecule has 0 radical (unpaired) electrons. The number of hydrogen-bond donors (Lipinski definition) is 2. The van der Waals surface area contributed by atoms with Gasteiger partial charge in [0.25, 0.3) is 5.91 Å². The molecule has 0 saturated heterocycles. The van der Waals surface area contributed by atoms with Gasteiger partial charge in [0.2, 0.25) is 0 Å². The Morgan fingerprint density at radius 2 is 2.04 bits per heavy atom. The largest absolute Gasteiger partial charge is 0.482 e. The van der Waals surface area contributed by atoms with Crippen molar-refractivity contribution < 1.29 is 22.7 Å². The lowest BCUT2D eigenvalue weighted by atomic mass is 9.89. The lowest BCUT2D eigenvalue weighted by Crippen LogP contribution is -2.37. The number of rotatable bonds is 3. The van der Waals surface area contributed by atoms with Gasteiger partial charge in [0, 0.05) is 17.4 Å². The van der Waals surface area contributed by atoms with Crippen LogP contribution >= 0.6 is 0 Å². The zero-order chi connectivity index (χ0) is 20.5. The highest BCUT2D eigenvalue weighted by molar-refractivity contribution is 6.02. The number of benzene rings is 1. The van der Waals surface area contributed by atoms with Gasteiger partial charge in [-0.3, -0.25) is 9.78 Å². The molecule has 3 rings (SSSR count). The number of halogens is 3. The summed E-state index contributed by atoms with van der Waals surface area (Å²) >= 11 is 0. The number of amides is 1. The van der Waals surface area contributed by atoms with Crippen molar-refractivity contribution >= 4 is 17.4 Å². The Morgan fingerprint density at radius 3 is 2.68 bits per heavy atom. The number of ether oxygens (including phenoxy) is 1. The van der Waals surface area contributed by atoms with E-state index in [9.17, 15) is 18.0 Å². The molecular weight excluding hydrogens is 375 g/mol. The number of aromatic nitrogens is 2. The number of hydrogen-bond acceptors (Lipinski definition) is 6. The monoisotopic (exact) mass is 391 g/mol. The van der Waals surface area contributed by atoms with Crippen LogP contribution in [0.4, 0.5) is 18.9 Å². The molecule has 1 unspecified atom stereocenters. The highest BCUT2D eigenvalue weighted by Crippen LogP contribution is 2.41. The highest BCUT2D eigenvalue weighted by Gasteiger charge is 2.41. The van der Waals surface area contributed by atoms with E-state index in [0.29, 0.717) is 5.69 Å². The fourth-order valence-corrected chi connectivity index (χ4v) is 2.76. The predicted octanol–water partition coefficient (Wildman–Crippen LogP) is 2.89. The van der Waals surface area contributed by atoms with Gasteiger partial charge in [-0.15, -0.1) is 0 Å². The third-order valence-electron chi connectivity index (χ3n) is 4.11. The van der Waals surface area contributed by atoms with Crippen LogP contribution in [0.5, 0.6) is 0 Å². The van der Waals surface area contributed by atoms with E-state index in [0.717, 1.165) is 6.07 Å². The Bertz CT molecular complexity index is 987. The molecule has 2 aromatic rings. The lowest BCUT2D eigenvalue weighted by Gasteiger charge is -2.32. The summed E-state index contributed by atoms with van der Waals surface area (Å²) in [6.45, 7) is 2.64. The first-order chi connectivity index (χ1) is 13.2. The van der Waals surface area contributed by atoms with Crippen molar-refractivity contribution in [3.63, 3.8) is 0 Å². The Balaban J connectivity index is 1.99. The Morgan fingerprint density at radius 1 is 1.29 bits per heavy atom. The molecule has 0 saturated carbocycles. The minimum Gasteiger partial charge on any atom is -0.482 e. The van der Waals surface area contributed by atoms with Crippen molar-refractivity contribution in [2.45, 2.75) is 19.4 Å². The van der Waals surface area contributed by atoms with Gasteiger partial charge >= 0.3 is 6.08 Å². The van der Waals surface area contributed by atoms with Gasteiger partial charge in [-0.25, -0.2) is 14.4 Å². The standard InChI is InChI=1S/C18H16F3N5O2/c1-9-6-24-13(7-23-9)17(27)25-10-3-4-12(19)11(5-10)18(2)15(16(20)21)28-8-14(22)26-18/h3-7H,8H2,1-2H3,(H2,22,26)(H,25,27). The summed E-state index contributed by atoms with van der Waals surface area (Å²) in [5.41, 5.74) is 4.34. The first-order valence-corrected chi connectivity index (χ1v) is 8.13. The second kappa shape index (κ2) is 7.29. The van der Waals surface area contributed by atoms with Crippen LogP contribution in [0.2, 0.25) is 0 Å². The number of aliphatic imine (C=N–C) groups is 1. The number of carbonyl (C=O) groups is 1. The summed E-state index contributed by atoms with van der Waals surface area (Å²) in [6.07, 6.45) is 0.571. The maximum Gasteiger partial charge on any atom is 0.310 e. The maximum absolute atomic E-state index is 14.5. The first-order valence-electron chi connectivity index (χ1n) is 8.13. The second-order valence-electron chi connectivity index (χ2n) is 6.25. The van der Waals surface area contributed by atoms with Gasteiger partial charge in [-0.05, 0) is 32.0 Å². The summed E-state index contributed by atoms with van der Waals surface area (Å²) in [4.78, 5) is 24.2. The molecule has 1 atom stereocenters. The smallest absolute Gasteiger partial charge is 0.310 e. The molecule has 1 aliphatic heterocycles. The van der Waals surface area contributed by atoms with Crippen molar-refractivity contribution in [3.8, 4) is 0 Å². The molecular formula is C18H16F3N5O2. The van der Waals surface area contributed by atoms with E-state index in [-0.39, 0.29) is 29.4 Å². The lowest BCUT2D eigenvalue weighted by molar-refractivity contribution is 0.102. The third kappa shape index (κ3) is 3.66. The van der Waals surface area contributed by atoms with E-state index in [1.54, 1.807) is 6.92 Å². The first kappa shape index (κ1) is 19.3. The summed E-state index contributed by atoms with van der Waals surface area (Å²) in [7, 11) is 0. The molecule has 1 amide bonds. The van der Waals surface area contributed by atoms with Crippen LogP contribution in [0.25, 0.3) is 0 Å². The molecule has 3 N–H and O–H groups in total. The topological polar surface area (TPSA) is 102 Å². The Kier molecular flexibility index (Phi) is 5.04. The second-order valence-corrected chi connectivity index (χ2v) is 6.25. The van der Waals surface area contributed by atoms with Crippen LogP contribution in [0.3, 0.4) is 0 Å². The molecule has 7 nitrogen and oxygen atoms in total. The van der Waals surface area contributed by atoms with E-state index in [4.69, 9.17) is 10.5 Å². The minimum atomic E-state index is -2.14. The molecule has 1 aromatic carbocycles. The quantitative estimate of drug-likeness (QED) is 0.838. The van der Waals surface area contributed by atoms with Crippen LogP contribution in [0.1, 0.15) is 28.7 Å². The molecule has 28 heavy (non-hydrogen) atoms. The van der Waals surface area contributed by atoms with Crippen molar-refractivity contribution in [3.05, 3.63) is 65.2 Å². The number of nitrogens with two attached hydrogens (primary N) is 1. The summed E-state index contributed by atoms with van der Waals surface area (Å²) < 4.78 is 46.2. The number of aryl methyl sites for hydroxylation is 1. The molecule has 0 bridgehead atoms. The van der Waals surface area contributed by atoms with E-state index in [1.807, 2.05) is 0 Å². The van der Waals surface area contributed by atoms with Crippen molar-refractivity contribution in [1.82, 2.24) is 9.97 Å².